The minimum Gasteiger partial charge on any atom is -0.383 e. The first-order valence-electron chi connectivity index (χ1n) is 6.21. The van der Waals surface area contributed by atoms with E-state index in [-0.39, 0.29) is 5.56 Å². The molecule has 1 N–H and O–H groups in total. The summed E-state index contributed by atoms with van der Waals surface area (Å²) in [6.45, 7) is 1.77. The molecule has 1 aromatic heterocycles. The Hall–Kier alpha value is -1.07. The van der Waals surface area contributed by atoms with Gasteiger partial charge in [-0.2, -0.15) is 5.10 Å². The fraction of sp³-hybridized carbons (Fsp3) is 0.667. The standard InChI is InChI=1S/C12H18ClN3O2/c1-18-6-5-14-11-10(13)7-15-16(12(11)17)8-9-3-2-4-9/h7,9,14H,2-6,8H2,1H3. The Morgan fingerprint density at radius 3 is 3.00 bits per heavy atom. The Morgan fingerprint density at radius 1 is 1.61 bits per heavy atom. The smallest absolute Gasteiger partial charge is 0.291 e. The van der Waals surface area contributed by atoms with Gasteiger partial charge in [0.25, 0.3) is 5.56 Å². The molecule has 18 heavy (non-hydrogen) atoms. The third-order valence-electron chi connectivity index (χ3n) is 3.26. The third-order valence-corrected chi connectivity index (χ3v) is 3.55. The highest BCUT2D eigenvalue weighted by atomic mass is 35.5. The Labute approximate surface area is 111 Å². The molecule has 0 radical (unpaired) electrons. The number of hydrogen-bond acceptors (Lipinski definition) is 4. The van der Waals surface area contributed by atoms with Crippen LogP contribution in [-0.4, -0.2) is 30.0 Å². The highest BCUT2D eigenvalue weighted by molar-refractivity contribution is 6.32. The molecule has 1 aliphatic carbocycles. The van der Waals surface area contributed by atoms with Crippen molar-refractivity contribution in [2.24, 2.45) is 5.92 Å². The maximum Gasteiger partial charge on any atom is 0.291 e. The van der Waals surface area contributed by atoms with E-state index in [1.807, 2.05) is 0 Å². The van der Waals surface area contributed by atoms with Crippen LogP contribution in [0.1, 0.15) is 19.3 Å². The van der Waals surface area contributed by atoms with Gasteiger partial charge in [0.05, 0.1) is 17.8 Å². The second-order valence-corrected chi connectivity index (χ2v) is 4.98. The van der Waals surface area contributed by atoms with Crippen molar-refractivity contribution >= 4 is 17.3 Å². The Morgan fingerprint density at radius 2 is 2.39 bits per heavy atom. The number of hydrogen-bond donors (Lipinski definition) is 1. The van der Waals surface area contributed by atoms with Crippen molar-refractivity contribution in [2.45, 2.75) is 25.8 Å². The Balaban J connectivity index is 2.11. The quantitative estimate of drug-likeness (QED) is 0.801. The van der Waals surface area contributed by atoms with E-state index in [1.165, 1.54) is 30.1 Å². The molecular formula is C12H18ClN3O2. The number of anilines is 1. The third kappa shape index (κ3) is 3.03. The largest absolute Gasteiger partial charge is 0.383 e. The molecule has 0 spiro atoms. The number of nitrogens with zero attached hydrogens (tertiary/aromatic N) is 2. The zero-order valence-electron chi connectivity index (χ0n) is 10.5. The summed E-state index contributed by atoms with van der Waals surface area (Å²) in [6.07, 6.45) is 5.15. The van der Waals surface area contributed by atoms with Crippen molar-refractivity contribution in [1.82, 2.24) is 9.78 Å². The molecule has 0 unspecified atom stereocenters. The normalized spacial score (nSPS) is 15.4. The summed E-state index contributed by atoms with van der Waals surface area (Å²) in [6, 6.07) is 0. The lowest BCUT2D eigenvalue weighted by molar-refractivity contribution is 0.210. The minimum atomic E-state index is -0.148. The molecule has 1 fully saturated rings. The molecular weight excluding hydrogens is 254 g/mol. The van der Waals surface area contributed by atoms with Crippen LogP contribution in [0.4, 0.5) is 5.69 Å². The lowest BCUT2D eigenvalue weighted by Crippen LogP contribution is -2.31. The molecule has 0 bridgehead atoms. The van der Waals surface area contributed by atoms with Gasteiger partial charge in [-0.25, -0.2) is 4.68 Å². The molecule has 0 saturated heterocycles. The molecule has 6 heteroatoms. The summed E-state index contributed by atoms with van der Waals surface area (Å²) < 4.78 is 6.44. The summed E-state index contributed by atoms with van der Waals surface area (Å²) in [7, 11) is 1.62. The van der Waals surface area contributed by atoms with Gasteiger partial charge in [0.1, 0.15) is 5.69 Å². The molecule has 1 heterocycles. The van der Waals surface area contributed by atoms with Gasteiger partial charge in [-0.3, -0.25) is 4.79 Å². The van der Waals surface area contributed by atoms with Gasteiger partial charge in [-0.15, -0.1) is 0 Å². The topological polar surface area (TPSA) is 56.1 Å². The molecule has 1 aliphatic rings. The first-order chi connectivity index (χ1) is 8.72. The summed E-state index contributed by atoms with van der Waals surface area (Å²) in [5.74, 6) is 0.586. The van der Waals surface area contributed by atoms with Crippen LogP contribution in [0, 0.1) is 5.92 Å². The lowest BCUT2D eigenvalue weighted by atomic mass is 9.85. The fourth-order valence-electron chi connectivity index (χ4n) is 1.96. The van der Waals surface area contributed by atoms with E-state index in [4.69, 9.17) is 16.3 Å². The molecule has 100 valence electrons. The first-order valence-corrected chi connectivity index (χ1v) is 6.58. The number of halogens is 1. The average molecular weight is 272 g/mol. The van der Waals surface area contributed by atoms with Crippen LogP contribution in [0.25, 0.3) is 0 Å². The van der Waals surface area contributed by atoms with Gasteiger partial charge in [-0.05, 0) is 18.8 Å². The van der Waals surface area contributed by atoms with Crippen LogP contribution in [0.3, 0.4) is 0 Å². The molecule has 0 atom stereocenters. The number of rotatable bonds is 6. The van der Waals surface area contributed by atoms with Gasteiger partial charge in [0.2, 0.25) is 0 Å². The Bertz CT molecular complexity index is 457. The second kappa shape index (κ2) is 6.20. The number of nitrogens with one attached hydrogen (secondary N) is 1. The molecule has 0 aliphatic heterocycles. The highest BCUT2D eigenvalue weighted by Gasteiger charge is 2.20. The van der Waals surface area contributed by atoms with E-state index >= 15 is 0 Å². The van der Waals surface area contributed by atoms with Crippen molar-refractivity contribution in [3.8, 4) is 0 Å². The summed E-state index contributed by atoms with van der Waals surface area (Å²) in [5, 5.41) is 7.45. The fourth-order valence-corrected chi connectivity index (χ4v) is 2.15. The van der Waals surface area contributed by atoms with Crippen molar-refractivity contribution in [3.05, 3.63) is 21.6 Å². The number of ether oxygens (including phenoxy) is 1. The van der Waals surface area contributed by atoms with Crippen LogP contribution in [-0.2, 0) is 11.3 Å². The van der Waals surface area contributed by atoms with Gasteiger partial charge in [0, 0.05) is 20.2 Å². The van der Waals surface area contributed by atoms with Gasteiger partial charge in [0.15, 0.2) is 0 Å². The second-order valence-electron chi connectivity index (χ2n) is 4.57. The molecule has 0 aromatic carbocycles. The van der Waals surface area contributed by atoms with Gasteiger partial charge in [-0.1, -0.05) is 18.0 Å². The number of aromatic nitrogens is 2. The monoisotopic (exact) mass is 271 g/mol. The SMILES string of the molecule is COCCNc1c(Cl)cnn(CC2CCC2)c1=O. The Kier molecular flexibility index (Phi) is 4.60. The van der Waals surface area contributed by atoms with Gasteiger partial charge < -0.3 is 10.1 Å². The van der Waals surface area contributed by atoms with Crippen LogP contribution in [0.15, 0.2) is 11.0 Å². The predicted octanol–water partition coefficient (Wildman–Crippen LogP) is 1.76. The van der Waals surface area contributed by atoms with Gasteiger partial charge >= 0.3 is 0 Å². The maximum atomic E-state index is 12.2. The van der Waals surface area contributed by atoms with E-state index in [0.717, 1.165) is 0 Å². The van der Waals surface area contributed by atoms with Crippen LogP contribution < -0.4 is 10.9 Å². The van der Waals surface area contributed by atoms with E-state index in [0.29, 0.717) is 36.3 Å². The van der Waals surface area contributed by atoms with Crippen LogP contribution in [0.5, 0.6) is 0 Å². The van der Waals surface area contributed by atoms with Crippen molar-refractivity contribution < 1.29 is 4.74 Å². The number of methoxy groups -OCH3 is 1. The van der Waals surface area contributed by atoms with E-state index in [2.05, 4.69) is 10.4 Å². The lowest BCUT2D eigenvalue weighted by Gasteiger charge is -2.25. The summed E-state index contributed by atoms with van der Waals surface area (Å²) in [4.78, 5) is 12.2. The van der Waals surface area contributed by atoms with Crippen LogP contribution in [0.2, 0.25) is 5.02 Å². The minimum absolute atomic E-state index is 0.148. The summed E-state index contributed by atoms with van der Waals surface area (Å²) >= 11 is 5.99. The molecule has 2 rings (SSSR count). The van der Waals surface area contributed by atoms with E-state index in [1.54, 1.807) is 7.11 Å². The average Bonchev–Trinajstić information content (AvgIpc) is 2.30. The van der Waals surface area contributed by atoms with E-state index < -0.39 is 0 Å². The maximum absolute atomic E-state index is 12.2. The zero-order chi connectivity index (χ0) is 13.0. The molecule has 5 nitrogen and oxygen atoms in total. The summed E-state index contributed by atoms with van der Waals surface area (Å²) in [5.41, 5.74) is 0.272. The van der Waals surface area contributed by atoms with Crippen molar-refractivity contribution in [2.75, 3.05) is 25.6 Å². The zero-order valence-corrected chi connectivity index (χ0v) is 11.2. The predicted molar refractivity (Wildman–Crippen MR) is 71.2 cm³/mol. The first kappa shape index (κ1) is 13.4. The molecule has 1 aromatic rings. The highest BCUT2D eigenvalue weighted by Crippen LogP contribution is 2.27. The van der Waals surface area contributed by atoms with Crippen molar-refractivity contribution in [3.63, 3.8) is 0 Å². The van der Waals surface area contributed by atoms with Crippen LogP contribution >= 0.6 is 11.6 Å². The molecule has 0 amide bonds. The van der Waals surface area contributed by atoms with E-state index in [9.17, 15) is 4.79 Å². The molecule has 1 saturated carbocycles. The van der Waals surface area contributed by atoms with Crippen molar-refractivity contribution in [1.29, 1.82) is 0 Å².